The van der Waals surface area contributed by atoms with Gasteiger partial charge in [-0.1, -0.05) is 36.4 Å². The third kappa shape index (κ3) is 4.41. The van der Waals surface area contributed by atoms with Gasteiger partial charge in [-0.15, -0.1) is 0 Å². The molecule has 1 aromatic heterocycles. The lowest BCUT2D eigenvalue weighted by Gasteiger charge is -2.06. The number of para-hydroxylation sites is 1. The van der Waals surface area contributed by atoms with Crippen LogP contribution in [-0.2, 0) is 22.6 Å². The summed E-state index contributed by atoms with van der Waals surface area (Å²) in [5, 5.41) is 1.08. The number of ether oxygens (including phenoxy) is 1. The Morgan fingerprint density at radius 1 is 0.960 bits per heavy atom. The van der Waals surface area contributed by atoms with Crippen LogP contribution in [0.2, 0.25) is 0 Å². The molecule has 0 aliphatic rings. The minimum Gasteiger partial charge on any atom is -0.461 e. The van der Waals surface area contributed by atoms with E-state index in [9.17, 15) is 9.59 Å². The summed E-state index contributed by atoms with van der Waals surface area (Å²) in [7, 11) is 0. The molecule has 1 amide bonds. The van der Waals surface area contributed by atoms with Crippen molar-refractivity contribution in [2.75, 3.05) is 0 Å². The second kappa shape index (κ2) is 7.57. The average Bonchev–Trinajstić information content (AvgIpc) is 2.65. The molecule has 1 heterocycles. The third-order valence-corrected chi connectivity index (χ3v) is 3.88. The van der Waals surface area contributed by atoms with Gasteiger partial charge in [0.15, 0.2) is 0 Å². The number of hydrogen-bond donors (Lipinski definition) is 1. The molecule has 0 aliphatic heterocycles. The quantitative estimate of drug-likeness (QED) is 0.703. The molecule has 0 saturated heterocycles. The minimum atomic E-state index is -0.480. The molecular formula is C20H18N2O3. The number of carbonyl (C=O) groups is 2. The van der Waals surface area contributed by atoms with Crippen molar-refractivity contribution in [1.82, 2.24) is 4.98 Å². The van der Waals surface area contributed by atoms with E-state index in [0.717, 1.165) is 22.2 Å². The van der Waals surface area contributed by atoms with Crippen molar-refractivity contribution >= 4 is 22.8 Å². The van der Waals surface area contributed by atoms with Crippen molar-refractivity contribution in [2.45, 2.75) is 19.4 Å². The molecule has 0 atom stereocenters. The fourth-order valence-corrected chi connectivity index (χ4v) is 2.48. The van der Waals surface area contributed by atoms with E-state index in [1.54, 1.807) is 24.3 Å². The molecule has 0 spiro atoms. The maximum Gasteiger partial charge on any atom is 0.306 e. The van der Waals surface area contributed by atoms with Crippen LogP contribution >= 0.6 is 0 Å². The number of pyridine rings is 1. The summed E-state index contributed by atoms with van der Waals surface area (Å²) in [4.78, 5) is 27.5. The van der Waals surface area contributed by atoms with E-state index in [2.05, 4.69) is 4.98 Å². The van der Waals surface area contributed by atoms with Crippen molar-refractivity contribution in [3.05, 3.63) is 77.5 Å². The van der Waals surface area contributed by atoms with E-state index in [1.807, 2.05) is 36.4 Å². The van der Waals surface area contributed by atoms with Crippen molar-refractivity contribution in [1.29, 1.82) is 0 Å². The number of aromatic nitrogens is 1. The summed E-state index contributed by atoms with van der Waals surface area (Å²) >= 11 is 0. The second-order valence-electron chi connectivity index (χ2n) is 5.72. The predicted molar refractivity (Wildman–Crippen MR) is 94.8 cm³/mol. The zero-order valence-corrected chi connectivity index (χ0v) is 13.6. The van der Waals surface area contributed by atoms with Gasteiger partial charge in [0, 0.05) is 23.1 Å². The van der Waals surface area contributed by atoms with Gasteiger partial charge in [0.05, 0.1) is 11.9 Å². The Morgan fingerprint density at radius 2 is 1.72 bits per heavy atom. The molecular weight excluding hydrogens is 316 g/mol. The minimum absolute atomic E-state index is 0.170. The molecule has 0 saturated carbocycles. The molecule has 5 nitrogen and oxygen atoms in total. The Balaban J connectivity index is 1.51. The number of nitrogens with zero attached hydrogens (tertiary/aromatic N) is 1. The predicted octanol–water partition coefficient (Wildman–Crippen LogP) is 3.01. The molecule has 0 unspecified atom stereocenters. The van der Waals surface area contributed by atoms with Gasteiger partial charge in [0.2, 0.25) is 5.91 Å². The number of primary amides is 1. The van der Waals surface area contributed by atoms with E-state index in [1.165, 1.54) is 0 Å². The number of benzene rings is 2. The van der Waals surface area contributed by atoms with Crippen LogP contribution in [-0.4, -0.2) is 16.9 Å². The van der Waals surface area contributed by atoms with Crippen molar-refractivity contribution in [3.63, 3.8) is 0 Å². The van der Waals surface area contributed by atoms with E-state index in [-0.39, 0.29) is 19.0 Å². The maximum atomic E-state index is 11.9. The van der Waals surface area contributed by atoms with Gasteiger partial charge < -0.3 is 10.5 Å². The summed E-state index contributed by atoms with van der Waals surface area (Å²) in [6, 6.07) is 18.5. The number of nitrogens with two attached hydrogens (primary N) is 1. The van der Waals surface area contributed by atoms with Crippen LogP contribution in [0.15, 0.2) is 60.7 Å². The number of amides is 1. The van der Waals surface area contributed by atoms with Gasteiger partial charge in [0.1, 0.15) is 6.61 Å². The molecule has 0 radical (unpaired) electrons. The van der Waals surface area contributed by atoms with Crippen LogP contribution in [0.3, 0.4) is 0 Å². The second-order valence-corrected chi connectivity index (χ2v) is 5.72. The molecule has 2 aromatic carbocycles. The molecule has 2 N–H and O–H groups in total. The number of aryl methyl sites for hydroxylation is 1. The summed E-state index contributed by atoms with van der Waals surface area (Å²) in [6.07, 6.45) is 0.801. The van der Waals surface area contributed by atoms with Gasteiger partial charge >= 0.3 is 5.97 Å². The van der Waals surface area contributed by atoms with Gasteiger partial charge in [0.25, 0.3) is 0 Å². The summed E-state index contributed by atoms with van der Waals surface area (Å²) in [5.41, 5.74) is 8.20. The van der Waals surface area contributed by atoms with E-state index in [4.69, 9.17) is 10.5 Å². The van der Waals surface area contributed by atoms with Crippen LogP contribution in [0.1, 0.15) is 28.0 Å². The average molecular weight is 334 g/mol. The third-order valence-electron chi connectivity index (χ3n) is 3.88. The SMILES string of the molecule is NC(=O)c1ccc(COC(=O)CCc2ccc3ccccc3n2)cc1. The van der Waals surface area contributed by atoms with Crippen LogP contribution in [0, 0.1) is 0 Å². The highest BCUT2D eigenvalue weighted by Gasteiger charge is 2.07. The number of fused-ring (bicyclic) bond motifs is 1. The molecule has 25 heavy (non-hydrogen) atoms. The smallest absolute Gasteiger partial charge is 0.306 e. The van der Waals surface area contributed by atoms with Crippen molar-refractivity contribution < 1.29 is 14.3 Å². The van der Waals surface area contributed by atoms with Crippen LogP contribution in [0.25, 0.3) is 10.9 Å². The molecule has 0 bridgehead atoms. The van der Waals surface area contributed by atoms with E-state index in [0.29, 0.717) is 12.0 Å². The zero-order chi connectivity index (χ0) is 17.6. The molecule has 3 aromatic rings. The Morgan fingerprint density at radius 3 is 2.48 bits per heavy atom. The monoisotopic (exact) mass is 334 g/mol. The Hall–Kier alpha value is -3.21. The fraction of sp³-hybridized carbons (Fsp3) is 0.150. The standard InChI is InChI=1S/C20H18N2O3/c21-20(24)16-7-5-14(6-8-16)13-25-19(23)12-11-17-10-9-15-3-1-2-4-18(15)22-17/h1-10H,11-13H2,(H2,21,24). The normalized spacial score (nSPS) is 10.6. The molecule has 0 fully saturated rings. The van der Waals surface area contributed by atoms with Crippen LogP contribution in [0.4, 0.5) is 0 Å². The topological polar surface area (TPSA) is 82.3 Å². The van der Waals surface area contributed by atoms with E-state index < -0.39 is 5.91 Å². The Labute approximate surface area is 145 Å². The van der Waals surface area contributed by atoms with E-state index >= 15 is 0 Å². The van der Waals surface area contributed by atoms with Gasteiger partial charge in [-0.05, 0) is 29.8 Å². The lowest BCUT2D eigenvalue weighted by molar-refractivity contribution is -0.144. The largest absolute Gasteiger partial charge is 0.461 e. The first-order chi connectivity index (χ1) is 12.1. The van der Waals surface area contributed by atoms with Gasteiger partial charge in [-0.25, -0.2) is 0 Å². The first kappa shape index (κ1) is 16.6. The van der Waals surface area contributed by atoms with Gasteiger partial charge in [-0.2, -0.15) is 0 Å². The summed E-state index contributed by atoms with van der Waals surface area (Å²) in [6.45, 7) is 0.170. The lowest BCUT2D eigenvalue weighted by atomic mass is 10.1. The lowest BCUT2D eigenvalue weighted by Crippen LogP contribution is -2.11. The van der Waals surface area contributed by atoms with Crippen molar-refractivity contribution in [2.24, 2.45) is 5.73 Å². The molecule has 3 rings (SSSR count). The van der Waals surface area contributed by atoms with Gasteiger partial charge in [-0.3, -0.25) is 14.6 Å². The Kier molecular flexibility index (Phi) is 5.04. The molecule has 5 heteroatoms. The number of rotatable bonds is 6. The first-order valence-electron chi connectivity index (χ1n) is 8.01. The summed E-state index contributed by atoms with van der Waals surface area (Å²) < 4.78 is 5.25. The number of esters is 1. The van der Waals surface area contributed by atoms with Crippen LogP contribution in [0.5, 0.6) is 0 Å². The highest BCUT2D eigenvalue weighted by molar-refractivity contribution is 5.92. The number of hydrogen-bond acceptors (Lipinski definition) is 4. The molecule has 0 aliphatic carbocycles. The summed E-state index contributed by atoms with van der Waals surface area (Å²) in [5.74, 6) is -0.764. The maximum absolute atomic E-state index is 11.9. The molecule has 126 valence electrons. The highest BCUT2D eigenvalue weighted by Crippen LogP contribution is 2.13. The Bertz CT molecular complexity index is 904. The first-order valence-corrected chi connectivity index (χ1v) is 8.01. The van der Waals surface area contributed by atoms with Crippen LogP contribution < -0.4 is 5.73 Å². The fourth-order valence-electron chi connectivity index (χ4n) is 2.48. The number of carbonyl (C=O) groups excluding carboxylic acids is 2. The van der Waals surface area contributed by atoms with Crippen molar-refractivity contribution in [3.8, 4) is 0 Å². The highest BCUT2D eigenvalue weighted by atomic mass is 16.5. The zero-order valence-electron chi connectivity index (χ0n) is 13.6.